The van der Waals surface area contributed by atoms with Crippen LogP contribution in [0, 0.1) is 6.92 Å². The minimum Gasteiger partial charge on any atom is -0.342 e. The smallest absolute Gasteiger partial charge is 0.241 e. The number of nitrogens with one attached hydrogen (secondary N) is 1. The Balaban J connectivity index is 2.62. The molecule has 1 atom stereocenters. The van der Waals surface area contributed by atoms with Crippen molar-refractivity contribution in [3.05, 3.63) is 29.8 Å². The quantitative estimate of drug-likeness (QED) is 0.839. The zero-order valence-electron chi connectivity index (χ0n) is 14.2. The molecule has 0 radical (unpaired) electrons. The summed E-state index contributed by atoms with van der Waals surface area (Å²) in [4.78, 5) is 28.0. The SMILES string of the molecule is CCN(CC)C(=O)CN(C)C(C)C(=O)Nc1ccccc1C. The molecule has 0 fully saturated rings. The summed E-state index contributed by atoms with van der Waals surface area (Å²) < 4.78 is 0. The molecule has 5 heteroatoms. The molecule has 0 aliphatic rings. The lowest BCUT2D eigenvalue weighted by atomic mass is 10.2. The minimum atomic E-state index is -0.376. The average molecular weight is 305 g/mol. The van der Waals surface area contributed by atoms with E-state index >= 15 is 0 Å². The van der Waals surface area contributed by atoms with Crippen LogP contribution in [0.2, 0.25) is 0 Å². The van der Waals surface area contributed by atoms with E-state index in [1.54, 1.807) is 16.8 Å². The highest BCUT2D eigenvalue weighted by Crippen LogP contribution is 2.14. The Morgan fingerprint density at radius 3 is 2.32 bits per heavy atom. The third kappa shape index (κ3) is 4.84. The van der Waals surface area contributed by atoms with Crippen molar-refractivity contribution in [2.45, 2.75) is 33.7 Å². The number of hydrogen-bond acceptors (Lipinski definition) is 3. The Kier molecular flexibility index (Phi) is 7.05. The Hall–Kier alpha value is -1.88. The normalized spacial score (nSPS) is 12.1. The molecule has 1 N–H and O–H groups in total. The summed E-state index contributed by atoms with van der Waals surface area (Å²) in [7, 11) is 1.80. The van der Waals surface area contributed by atoms with E-state index in [2.05, 4.69) is 5.32 Å². The van der Waals surface area contributed by atoms with Crippen LogP contribution in [0.1, 0.15) is 26.3 Å². The largest absolute Gasteiger partial charge is 0.342 e. The highest BCUT2D eigenvalue weighted by molar-refractivity contribution is 5.95. The van der Waals surface area contributed by atoms with E-state index in [-0.39, 0.29) is 24.4 Å². The first-order valence-corrected chi connectivity index (χ1v) is 7.75. The van der Waals surface area contributed by atoms with E-state index in [1.807, 2.05) is 52.0 Å². The third-order valence-electron chi connectivity index (χ3n) is 3.94. The first kappa shape index (κ1) is 18.2. The van der Waals surface area contributed by atoms with E-state index in [0.717, 1.165) is 11.3 Å². The molecule has 1 aromatic carbocycles. The maximum absolute atomic E-state index is 12.3. The number of para-hydroxylation sites is 1. The van der Waals surface area contributed by atoms with Crippen LogP contribution in [0.3, 0.4) is 0 Å². The number of carbonyl (C=O) groups is 2. The second-order valence-corrected chi connectivity index (χ2v) is 5.46. The summed E-state index contributed by atoms with van der Waals surface area (Å²) >= 11 is 0. The first-order valence-electron chi connectivity index (χ1n) is 7.75. The van der Waals surface area contributed by atoms with Gasteiger partial charge in [0.1, 0.15) is 0 Å². The number of carbonyl (C=O) groups excluding carboxylic acids is 2. The van der Waals surface area contributed by atoms with Crippen molar-refractivity contribution < 1.29 is 9.59 Å². The molecule has 1 unspecified atom stereocenters. The Labute approximate surface area is 133 Å². The lowest BCUT2D eigenvalue weighted by molar-refractivity contribution is -0.133. The van der Waals surface area contributed by atoms with Crippen molar-refractivity contribution in [2.24, 2.45) is 0 Å². The van der Waals surface area contributed by atoms with Gasteiger partial charge in [-0.25, -0.2) is 0 Å². The van der Waals surface area contributed by atoms with E-state index in [4.69, 9.17) is 0 Å². The van der Waals surface area contributed by atoms with Crippen molar-refractivity contribution in [1.29, 1.82) is 0 Å². The number of rotatable bonds is 7. The molecule has 0 heterocycles. The average Bonchev–Trinajstić information content (AvgIpc) is 2.49. The lowest BCUT2D eigenvalue weighted by Gasteiger charge is -2.27. The summed E-state index contributed by atoms with van der Waals surface area (Å²) in [5.41, 5.74) is 1.83. The molecule has 22 heavy (non-hydrogen) atoms. The van der Waals surface area contributed by atoms with Gasteiger partial charge in [0, 0.05) is 18.8 Å². The maximum atomic E-state index is 12.3. The first-order chi connectivity index (χ1) is 10.4. The van der Waals surface area contributed by atoms with E-state index in [1.165, 1.54) is 0 Å². The van der Waals surface area contributed by atoms with Gasteiger partial charge in [-0.05, 0) is 46.4 Å². The van der Waals surface area contributed by atoms with Crippen LogP contribution in [-0.4, -0.2) is 54.3 Å². The van der Waals surface area contributed by atoms with Gasteiger partial charge in [-0.3, -0.25) is 14.5 Å². The van der Waals surface area contributed by atoms with Crippen LogP contribution in [0.4, 0.5) is 5.69 Å². The van der Waals surface area contributed by atoms with Gasteiger partial charge in [-0.2, -0.15) is 0 Å². The van der Waals surface area contributed by atoms with E-state index < -0.39 is 0 Å². The van der Waals surface area contributed by atoms with Crippen molar-refractivity contribution in [3.8, 4) is 0 Å². The van der Waals surface area contributed by atoms with Crippen molar-refractivity contribution in [3.63, 3.8) is 0 Å². The Morgan fingerprint density at radius 2 is 1.77 bits per heavy atom. The molecule has 0 saturated heterocycles. The Morgan fingerprint density at radius 1 is 1.18 bits per heavy atom. The molecule has 0 aliphatic carbocycles. The highest BCUT2D eigenvalue weighted by Gasteiger charge is 2.22. The summed E-state index contributed by atoms with van der Waals surface area (Å²) in [6, 6.07) is 7.28. The fourth-order valence-electron chi connectivity index (χ4n) is 2.18. The van der Waals surface area contributed by atoms with Crippen LogP contribution in [0.5, 0.6) is 0 Å². The molecule has 2 amide bonds. The van der Waals surface area contributed by atoms with Crippen LogP contribution in [0.25, 0.3) is 0 Å². The molecule has 5 nitrogen and oxygen atoms in total. The third-order valence-corrected chi connectivity index (χ3v) is 3.94. The summed E-state index contributed by atoms with van der Waals surface area (Å²) in [5.74, 6) is -0.0628. The van der Waals surface area contributed by atoms with Crippen LogP contribution >= 0.6 is 0 Å². The van der Waals surface area contributed by atoms with Crippen molar-refractivity contribution in [1.82, 2.24) is 9.80 Å². The van der Waals surface area contributed by atoms with Crippen LogP contribution in [0.15, 0.2) is 24.3 Å². The monoisotopic (exact) mass is 305 g/mol. The summed E-state index contributed by atoms with van der Waals surface area (Å²) in [6.45, 7) is 9.28. The fraction of sp³-hybridized carbons (Fsp3) is 0.529. The lowest BCUT2D eigenvalue weighted by Crippen LogP contribution is -2.46. The van der Waals surface area contributed by atoms with Gasteiger partial charge in [0.25, 0.3) is 0 Å². The van der Waals surface area contributed by atoms with Gasteiger partial charge < -0.3 is 10.2 Å². The van der Waals surface area contributed by atoms with Crippen molar-refractivity contribution >= 4 is 17.5 Å². The summed E-state index contributed by atoms with van der Waals surface area (Å²) in [6.07, 6.45) is 0. The number of nitrogens with zero attached hydrogens (tertiary/aromatic N) is 2. The number of benzene rings is 1. The minimum absolute atomic E-state index is 0.0445. The fourth-order valence-corrected chi connectivity index (χ4v) is 2.18. The molecule has 0 bridgehead atoms. The zero-order valence-corrected chi connectivity index (χ0v) is 14.2. The molecule has 1 rings (SSSR count). The van der Waals surface area contributed by atoms with Gasteiger partial charge in [0.15, 0.2) is 0 Å². The van der Waals surface area contributed by atoms with Gasteiger partial charge in [0.2, 0.25) is 11.8 Å². The number of anilines is 1. The number of amides is 2. The number of hydrogen-bond donors (Lipinski definition) is 1. The second-order valence-electron chi connectivity index (χ2n) is 5.46. The van der Waals surface area contributed by atoms with E-state index in [9.17, 15) is 9.59 Å². The van der Waals surface area contributed by atoms with Crippen molar-refractivity contribution in [2.75, 3.05) is 32.0 Å². The zero-order chi connectivity index (χ0) is 16.7. The standard InChI is InChI=1S/C17H27N3O2/c1-6-20(7-2)16(21)12-19(5)14(4)17(22)18-15-11-9-8-10-13(15)3/h8-11,14H,6-7,12H2,1-5H3,(H,18,22). The molecule has 1 aromatic rings. The van der Waals surface area contributed by atoms with Gasteiger partial charge >= 0.3 is 0 Å². The second kappa shape index (κ2) is 8.54. The number of likely N-dealkylation sites (N-methyl/N-ethyl adjacent to an activating group) is 2. The molecule has 0 aliphatic heterocycles. The molecule has 0 aromatic heterocycles. The van der Waals surface area contributed by atoms with Gasteiger partial charge in [0.05, 0.1) is 12.6 Å². The number of aryl methyl sites for hydroxylation is 1. The molecular weight excluding hydrogens is 278 g/mol. The molecule has 122 valence electrons. The topological polar surface area (TPSA) is 52.7 Å². The van der Waals surface area contributed by atoms with Gasteiger partial charge in [-0.1, -0.05) is 18.2 Å². The Bertz CT molecular complexity index is 512. The predicted molar refractivity (Wildman–Crippen MR) is 89.8 cm³/mol. The van der Waals surface area contributed by atoms with Crippen LogP contribution < -0.4 is 5.32 Å². The molecule has 0 spiro atoms. The molecule has 0 saturated carbocycles. The summed E-state index contributed by atoms with van der Waals surface area (Å²) in [5, 5.41) is 2.92. The van der Waals surface area contributed by atoms with Crippen LogP contribution in [-0.2, 0) is 9.59 Å². The maximum Gasteiger partial charge on any atom is 0.241 e. The predicted octanol–water partition coefficient (Wildman–Crippen LogP) is 2.12. The highest BCUT2D eigenvalue weighted by atomic mass is 16.2. The van der Waals surface area contributed by atoms with E-state index in [0.29, 0.717) is 13.1 Å². The molecular formula is C17H27N3O2. The van der Waals surface area contributed by atoms with Gasteiger partial charge in [-0.15, -0.1) is 0 Å².